The molecular formula is C20H24N3O2S+. The third-order valence-corrected chi connectivity index (χ3v) is 6.02. The predicted octanol–water partition coefficient (Wildman–Crippen LogP) is 2.09. The SMILES string of the molecule is CCOc1ccc(C[NH+](C)Cc2nc3sc4c(c3c(=O)[nH]2)CCC4)cc1. The maximum Gasteiger partial charge on any atom is 0.260 e. The molecule has 0 amide bonds. The van der Waals surface area contributed by atoms with Crippen molar-refractivity contribution in [2.45, 2.75) is 39.3 Å². The van der Waals surface area contributed by atoms with Crippen molar-refractivity contribution in [3.05, 3.63) is 56.4 Å². The van der Waals surface area contributed by atoms with E-state index in [1.54, 1.807) is 11.3 Å². The number of quaternary nitrogens is 1. The van der Waals surface area contributed by atoms with Gasteiger partial charge < -0.3 is 14.6 Å². The lowest BCUT2D eigenvalue weighted by molar-refractivity contribution is -0.908. The topological polar surface area (TPSA) is 59.4 Å². The van der Waals surface area contributed by atoms with Gasteiger partial charge in [-0.2, -0.15) is 0 Å². The second kappa shape index (κ2) is 7.21. The molecule has 0 aliphatic heterocycles. The van der Waals surface area contributed by atoms with Gasteiger partial charge in [0.2, 0.25) is 0 Å². The number of thiophene rings is 1. The summed E-state index contributed by atoms with van der Waals surface area (Å²) in [5.74, 6) is 1.67. The van der Waals surface area contributed by atoms with Crippen molar-refractivity contribution in [3.8, 4) is 5.75 Å². The zero-order valence-corrected chi connectivity index (χ0v) is 16.0. The molecule has 1 atom stereocenters. The Morgan fingerprint density at radius 3 is 2.81 bits per heavy atom. The first kappa shape index (κ1) is 17.2. The van der Waals surface area contributed by atoms with Crippen LogP contribution in [0.2, 0.25) is 0 Å². The van der Waals surface area contributed by atoms with Gasteiger partial charge in [0.1, 0.15) is 23.7 Å². The first-order valence-electron chi connectivity index (χ1n) is 9.20. The first-order chi connectivity index (χ1) is 12.6. The van der Waals surface area contributed by atoms with E-state index in [1.807, 2.05) is 19.1 Å². The lowest BCUT2D eigenvalue weighted by Crippen LogP contribution is -3.06. The van der Waals surface area contributed by atoms with Gasteiger partial charge in [-0.25, -0.2) is 4.98 Å². The first-order valence-corrected chi connectivity index (χ1v) is 10.0. The summed E-state index contributed by atoms with van der Waals surface area (Å²) in [4.78, 5) is 23.8. The lowest BCUT2D eigenvalue weighted by atomic mass is 10.2. The molecule has 1 unspecified atom stereocenters. The third kappa shape index (κ3) is 3.39. The Labute approximate surface area is 156 Å². The van der Waals surface area contributed by atoms with Crippen molar-refractivity contribution in [1.29, 1.82) is 0 Å². The lowest BCUT2D eigenvalue weighted by Gasteiger charge is -2.14. The van der Waals surface area contributed by atoms with Crippen molar-refractivity contribution in [2.75, 3.05) is 13.7 Å². The van der Waals surface area contributed by atoms with Gasteiger partial charge in [0.25, 0.3) is 5.56 Å². The molecule has 5 nitrogen and oxygen atoms in total. The predicted molar refractivity (Wildman–Crippen MR) is 104 cm³/mol. The maximum atomic E-state index is 12.5. The van der Waals surface area contributed by atoms with Crippen molar-refractivity contribution in [1.82, 2.24) is 9.97 Å². The molecule has 2 heterocycles. The highest BCUT2D eigenvalue weighted by Gasteiger charge is 2.21. The number of aromatic amines is 1. The second-order valence-corrected chi connectivity index (χ2v) is 8.02. The Morgan fingerprint density at radius 1 is 1.23 bits per heavy atom. The summed E-state index contributed by atoms with van der Waals surface area (Å²) < 4.78 is 5.49. The fraction of sp³-hybridized carbons (Fsp3) is 0.400. The number of aryl methyl sites for hydroxylation is 2. The zero-order chi connectivity index (χ0) is 18.1. The molecule has 3 aromatic rings. The molecule has 1 aliphatic carbocycles. The van der Waals surface area contributed by atoms with Crippen LogP contribution in [0.25, 0.3) is 10.2 Å². The number of H-pyrrole nitrogens is 1. The normalized spacial score (nSPS) is 14.5. The number of aromatic nitrogens is 2. The molecule has 1 aliphatic rings. The summed E-state index contributed by atoms with van der Waals surface area (Å²) in [6.45, 7) is 4.23. The van der Waals surface area contributed by atoms with Crippen LogP contribution in [0.15, 0.2) is 29.1 Å². The van der Waals surface area contributed by atoms with Crippen molar-refractivity contribution in [2.24, 2.45) is 0 Å². The molecule has 4 rings (SSSR count). The Balaban J connectivity index is 1.49. The molecule has 2 aromatic heterocycles. The van der Waals surface area contributed by atoms with Crippen LogP contribution in [-0.2, 0) is 25.9 Å². The molecule has 26 heavy (non-hydrogen) atoms. The molecular weight excluding hydrogens is 346 g/mol. The molecule has 136 valence electrons. The maximum absolute atomic E-state index is 12.5. The Morgan fingerprint density at radius 2 is 2.04 bits per heavy atom. The highest BCUT2D eigenvalue weighted by atomic mass is 32.1. The van der Waals surface area contributed by atoms with Gasteiger partial charge >= 0.3 is 0 Å². The number of ether oxygens (including phenoxy) is 1. The van der Waals surface area contributed by atoms with Crippen LogP contribution in [0, 0.1) is 0 Å². The van der Waals surface area contributed by atoms with Crippen molar-refractivity contribution >= 4 is 21.6 Å². The summed E-state index contributed by atoms with van der Waals surface area (Å²) in [6, 6.07) is 8.20. The number of fused-ring (bicyclic) bond motifs is 3. The number of hydrogen-bond donors (Lipinski definition) is 2. The Hall–Kier alpha value is -2.18. The second-order valence-electron chi connectivity index (χ2n) is 6.94. The molecule has 2 N–H and O–H groups in total. The molecule has 0 bridgehead atoms. The van der Waals surface area contributed by atoms with E-state index in [1.165, 1.54) is 20.9 Å². The van der Waals surface area contributed by atoms with Gasteiger partial charge in [-0.1, -0.05) is 0 Å². The fourth-order valence-corrected chi connectivity index (χ4v) is 4.98. The van der Waals surface area contributed by atoms with Crippen LogP contribution >= 0.6 is 11.3 Å². The van der Waals surface area contributed by atoms with E-state index >= 15 is 0 Å². The smallest absolute Gasteiger partial charge is 0.260 e. The van der Waals surface area contributed by atoms with E-state index in [4.69, 9.17) is 9.72 Å². The molecule has 0 spiro atoms. The molecule has 0 fully saturated rings. The average Bonchev–Trinajstić information content (AvgIpc) is 3.17. The number of benzene rings is 1. The standard InChI is InChI=1S/C20H23N3O2S/c1-3-25-14-9-7-13(8-10-14)11-23(2)12-17-21-19(24)18-15-5-4-6-16(15)26-20(18)22-17/h7-10H,3-6,11-12H2,1-2H3,(H,21,22,24)/p+1. The summed E-state index contributed by atoms with van der Waals surface area (Å²) in [5, 5.41) is 0.829. The van der Waals surface area contributed by atoms with Gasteiger partial charge in [0.05, 0.1) is 19.0 Å². The van der Waals surface area contributed by atoms with E-state index < -0.39 is 0 Å². The minimum Gasteiger partial charge on any atom is -0.494 e. The zero-order valence-electron chi connectivity index (χ0n) is 15.2. The highest BCUT2D eigenvalue weighted by molar-refractivity contribution is 7.18. The minimum absolute atomic E-state index is 0.0262. The van der Waals surface area contributed by atoms with Crippen LogP contribution in [0.4, 0.5) is 0 Å². The van der Waals surface area contributed by atoms with E-state index in [0.717, 1.165) is 47.6 Å². The average molecular weight is 370 g/mol. The summed E-state index contributed by atoms with van der Waals surface area (Å²) in [6.07, 6.45) is 3.27. The molecule has 1 aromatic carbocycles. The van der Waals surface area contributed by atoms with Crippen LogP contribution in [-0.4, -0.2) is 23.6 Å². The van der Waals surface area contributed by atoms with Gasteiger partial charge in [0, 0.05) is 10.4 Å². The fourth-order valence-electron chi connectivity index (χ4n) is 3.70. The van der Waals surface area contributed by atoms with Gasteiger partial charge in [-0.15, -0.1) is 11.3 Å². The Bertz CT molecular complexity index is 975. The van der Waals surface area contributed by atoms with Crippen LogP contribution in [0.1, 0.15) is 35.2 Å². The van der Waals surface area contributed by atoms with Crippen LogP contribution < -0.4 is 15.2 Å². The van der Waals surface area contributed by atoms with E-state index in [9.17, 15) is 4.79 Å². The van der Waals surface area contributed by atoms with Gasteiger partial charge in [-0.3, -0.25) is 4.79 Å². The molecule has 0 saturated heterocycles. The van der Waals surface area contributed by atoms with Gasteiger partial charge in [-0.05, 0) is 56.0 Å². The molecule has 0 radical (unpaired) electrons. The van der Waals surface area contributed by atoms with Crippen molar-refractivity contribution in [3.63, 3.8) is 0 Å². The summed E-state index contributed by atoms with van der Waals surface area (Å²) >= 11 is 1.70. The van der Waals surface area contributed by atoms with Crippen LogP contribution in [0.5, 0.6) is 5.75 Å². The monoisotopic (exact) mass is 370 g/mol. The summed E-state index contributed by atoms with van der Waals surface area (Å²) in [5.41, 5.74) is 2.50. The minimum atomic E-state index is 0.0262. The number of hydrogen-bond acceptors (Lipinski definition) is 4. The number of nitrogens with zero attached hydrogens (tertiary/aromatic N) is 1. The van der Waals surface area contributed by atoms with E-state index in [2.05, 4.69) is 24.2 Å². The quantitative estimate of drug-likeness (QED) is 0.699. The third-order valence-electron chi connectivity index (χ3n) is 4.83. The highest BCUT2D eigenvalue weighted by Crippen LogP contribution is 2.34. The molecule has 6 heteroatoms. The Kier molecular flexibility index (Phi) is 4.78. The number of nitrogens with one attached hydrogen (secondary N) is 2. The van der Waals surface area contributed by atoms with Gasteiger partial charge in [0.15, 0.2) is 5.82 Å². The van der Waals surface area contributed by atoms with Crippen molar-refractivity contribution < 1.29 is 9.64 Å². The van der Waals surface area contributed by atoms with E-state index in [-0.39, 0.29) is 5.56 Å². The number of rotatable bonds is 6. The van der Waals surface area contributed by atoms with E-state index in [0.29, 0.717) is 13.2 Å². The molecule has 0 saturated carbocycles. The van der Waals surface area contributed by atoms with Crippen LogP contribution in [0.3, 0.4) is 0 Å². The largest absolute Gasteiger partial charge is 0.494 e. The summed E-state index contributed by atoms with van der Waals surface area (Å²) in [7, 11) is 2.12.